The third kappa shape index (κ3) is 6.67. The van der Waals surface area contributed by atoms with E-state index in [9.17, 15) is 3.89 Å². The average molecular weight is 178 g/mol. The van der Waals surface area contributed by atoms with E-state index in [-0.39, 0.29) is 5.25 Å². The largest absolute Gasteiger partial charge is 0.165 e. The molecule has 1 unspecified atom stereocenters. The number of halogens is 1. The Morgan fingerprint density at radius 1 is 1.09 bits per heavy atom. The van der Waals surface area contributed by atoms with Crippen molar-refractivity contribution in [1.29, 1.82) is 0 Å². The Morgan fingerprint density at radius 3 is 2.27 bits per heavy atom. The van der Waals surface area contributed by atoms with Gasteiger partial charge in [0.15, 0.2) is 0 Å². The van der Waals surface area contributed by atoms with Crippen LogP contribution in [-0.4, -0.2) is 5.25 Å². The SMILES string of the molecule is CCCCCC(CCC)SF. The zero-order chi connectivity index (χ0) is 8.53. The Hall–Kier alpha value is 0.280. The van der Waals surface area contributed by atoms with Crippen molar-refractivity contribution in [2.75, 3.05) is 0 Å². The normalized spacial score (nSPS) is 13.4. The van der Waals surface area contributed by atoms with E-state index < -0.39 is 0 Å². The lowest BCUT2D eigenvalue weighted by molar-refractivity contribution is 0.607. The molecule has 0 aromatic heterocycles. The molecule has 0 nitrogen and oxygen atoms in total. The molecule has 68 valence electrons. The smallest absolute Gasteiger partial charge is 0.0477 e. The predicted octanol–water partition coefficient (Wildman–Crippen LogP) is 4.35. The van der Waals surface area contributed by atoms with Gasteiger partial charge in [0.05, 0.1) is 0 Å². The molecule has 0 amide bonds. The fourth-order valence-electron chi connectivity index (χ4n) is 1.18. The van der Waals surface area contributed by atoms with Crippen LogP contribution in [0.15, 0.2) is 0 Å². The minimum absolute atomic E-state index is 0.270. The highest BCUT2D eigenvalue weighted by atomic mass is 32.2. The number of hydrogen-bond acceptors (Lipinski definition) is 1. The van der Waals surface area contributed by atoms with Crippen LogP contribution in [0.5, 0.6) is 0 Å². The molecule has 0 aliphatic rings. The van der Waals surface area contributed by atoms with Crippen LogP contribution in [0, 0.1) is 0 Å². The number of unbranched alkanes of at least 4 members (excludes halogenated alkanes) is 2. The zero-order valence-electron chi connectivity index (χ0n) is 7.61. The van der Waals surface area contributed by atoms with Crippen molar-refractivity contribution < 1.29 is 3.89 Å². The van der Waals surface area contributed by atoms with Crippen LogP contribution in [0.1, 0.15) is 52.4 Å². The first-order valence-electron chi connectivity index (χ1n) is 4.62. The van der Waals surface area contributed by atoms with Crippen molar-refractivity contribution in [2.45, 2.75) is 57.6 Å². The highest BCUT2D eigenvalue weighted by molar-refractivity contribution is 7.94. The summed E-state index contributed by atoms with van der Waals surface area (Å²) in [6, 6.07) is 0. The molecule has 0 aromatic carbocycles. The highest BCUT2D eigenvalue weighted by Gasteiger charge is 2.06. The van der Waals surface area contributed by atoms with Crippen molar-refractivity contribution in [3.63, 3.8) is 0 Å². The van der Waals surface area contributed by atoms with Crippen LogP contribution in [0.3, 0.4) is 0 Å². The summed E-state index contributed by atoms with van der Waals surface area (Å²) in [6.07, 6.45) is 6.87. The fourth-order valence-corrected chi connectivity index (χ4v) is 1.76. The van der Waals surface area contributed by atoms with Gasteiger partial charge in [0.2, 0.25) is 0 Å². The fraction of sp³-hybridized carbons (Fsp3) is 1.00. The van der Waals surface area contributed by atoms with Gasteiger partial charge in [-0.1, -0.05) is 39.5 Å². The standard InChI is InChI=1S/C9H19FS/c1-3-5-6-8-9(11-10)7-4-2/h9H,3-8H2,1-2H3. The van der Waals surface area contributed by atoms with E-state index in [2.05, 4.69) is 13.8 Å². The van der Waals surface area contributed by atoms with Gasteiger partial charge in [0.25, 0.3) is 0 Å². The molecule has 0 bridgehead atoms. The third-order valence-electron chi connectivity index (χ3n) is 1.87. The minimum Gasteiger partial charge on any atom is -0.165 e. The molecule has 11 heavy (non-hydrogen) atoms. The molecule has 0 aromatic rings. The molecule has 1 atom stereocenters. The first-order chi connectivity index (χ1) is 5.35. The van der Waals surface area contributed by atoms with Gasteiger partial charge in [0, 0.05) is 17.4 Å². The average Bonchev–Trinajstić information content (AvgIpc) is 2.03. The molecule has 0 radical (unpaired) electrons. The summed E-state index contributed by atoms with van der Waals surface area (Å²) in [4.78, 5) is 0. The van der Waals surface area contributed by atoms with Crippen LogP contribution in [0.2, 0.25) is 0 Å². The predicted molar refractivity (Wildman–Crippen MR) is 51.5 cm³/mol. The summed E-state index contributed by atoms with van der Waals surface area (Å²) in [6.45, 7) is 4.29. The minimum atomic E-state index is 0.270. The van der Waals surface area contributed by atoms with Crippen molar-refractivity contribution in [1.82, 2.24) is 0 Å². The van der Waals surface area contributed by atoms with E-state index in [0.29, 0.717) is 12.1 Å². The second-order valence-electron chi connectivity index (χ2n) is 3.00. The summed E-state index contributed by atoms with van der Waals surface area (Å²) in [5.41, 5.74) is 0. The third-order valence-corrected chi connectivity index (χ3v) is 2.59. The van der Waals surface area contributed by atoms with Gasteiger partial charge in [-0.3, -0.25) is 0 Å². The van der Waals surface area contributed by atoms with E-state index in [4.69, 9.17) is 0 Å². The maximum atomic E-state index is 12.2. The molecule has 2 heteroatoms. The van der Waals surface area contributed by atoms with Gasteiger partial charge >= 0.3 is 0 Å². The lowest BCUT2D eigenvalue weighted by Crippen LogP contribution is -1.99. The van der Waals surface area contributed by atoms with Gasteiger partial charge in [-0.25, -0.2) is 0 Å². The second kappa shape index (κ2) is 8.38. The molecule has 0 aliphatic heterocycles. The molecular weight excluding hydrogens is 159 g/mol. The van der Waals surface area contributed by atoms with Gasteiger partial charge in [-0.2, -0.15) is 3.89 Å². The van der Waals surface area contributed by atoms with Gasteiger partial charge in [-0.05, 0) is 12.8 Å². The Kier molecular flexibility index (Phi) is 8.59. The molecule has 0 spiro atoms. The molecule has 0 saturated heterocycles. The summed E-state index contributed by atoms with van der Waals surface area (Å²) < 4.78 is 12.2. The Labute approximate surface area is 74.2 Å². The van der Waals surface area contributed by atoms with E-state index in [0.717, 1.165) is 19.3 Å². The van der Waals surface area contributed by atoms with Gasteiger partial charge in [0.1, 0.15) is 0 Å². The molecule has 0 rings (SSSR count). The van der Waals surface area contributed by atoms with Gasteiger partial charge < -0.3 is 0 Å². The lowest BCUT2D eigenvalue weighted by Gasteiger charge is -2.08. The summed E-state index contributed by atoms with van der Waals surface area (Å²) in [5, 5.41) is 0.270. The maximum Gasteiger partial charge on any atom is 0.0477 e. The summed E-state index contributed by atoms with van der Waals surface area (Å²) >= 11 is 0.545. The zero-order valence-corrected chi connectivity index (χ0v) is 8.42. The van der Waals surface area contributed by atoms with E-state index in [1.54, 1.807) is 0 Å². The molecule has 0 saturated carbocycles. The monoisotopic (exact) mass is 178 g/mol. The molecule has 0 N–H and O–H groups in total. The Balaban J connectivity index is 3.20. The molecule has 0 fully saturated rings. The van der Waals surface area contributed by atoms with Gasteiger partial charge in [-0.15, -0.1) is 0 Å². The van der Waals surface area contributed by atoms with Crippen molar-refractivity contribution in [3.8, 4) is 0 Å². The highest BCUT2D eigenvalue weighted by Crippen LogP contribution is 2.22. The van der Waals surface area contributed by atoms with Crippen LogP contribution >= 0.6 is 12.1 Å². The van der Waals surface area contributed by atoms with E-state index in [1.165, 1.54) is 19.3 Å². The van der Waals surface area contributed by atoms with E-state index >= 15 is 0 Å². The van der Waals surface area contributed by atoms with Crippen LogP contribution < -0.4 is 0 Å². The summed E-state index contributed by atoms with van der Waals surface area (Å²) in [5.74, 6) is 0. The first-order valence-corrected chi connectivity index (χ1v) is 5.40. The Morgan fingerprint density at radius 2 is 1.82 bits per heavy atom. The van der Waals surface area contributed by atoms with Crippen LogP contribution in [-0.2, 0) is 0 Å². The lowest BCUT2D eigenvalue weighted by atomic mass is 10.1. The van der Waals surface area contributed by atoms with Crippen LogP contribution in [0.25, 0.3) is 0 Å². The van der Waals surface area contributed by atoms with Crippen molar-refractivity contribution in [2.24, 2.45) is 0 Å². The number of rotatable bonds is 7. The van der Waals surface area contributed by atoms with Crippen LogP contribution in [0.4, 0.5) is 3.89 Å². The summed E-state index contributed by atoms with van der Waals surface area (Å²) in [7, 11) is 0. The van der Waals surface area contributed by atoms with Crippen molar-refractivity contribution in [3.05, 3.63) is 0 Å². The maximum absolute atomic E-state index is 12.2. The molecule has 0 aliphatic carbocycles. The molecule has 0 heterocycles. The number of hydrogen-bond donors (Lipinski definition) is 0. The topological polar surface area (TPSA) is 0 Å². The Bertz CT molecular complexity index is 76.0. The second-order valence-corrected chi connectivity index (χ2v) is 3.84. The quantitative estimate of drug-likeness (QED) is 0.522. The van der Waals surface area contributed by atoms with E-state index in [1.807, 2.05) is 0 Å². The van der Waals surface area contributed by atoms with Crippen molar-refractivity contribution >= 4 is 12.1 Å². The molecular formula is C9H19FS. The first kappa shape index (κ1) is 11.3.